The van der Waals surface area contributed by atoms with Crippen LogP contribution in [-0.2, 0) is 33.3 Å². The molecule has 0 spiro atoms. The van der Waals surface area contributed by atoms with Crippen LogP contribution < -0.4 is 11.1 Å². The lowest BCUT2D eigenvalue weighted by atomic mass is 9.85. The van der Waals surface area contributed by atoms with E-state index in [2.05, 4.69) is 5.32 Å². The van der Waals surface area contributed by atoms with Crippen molar-refractivity contribution in [3.8, 4) is 0 Å². The highest BCUT2D eigenvalue weighted by molar-refractivity contribution is 6.23. The number of hydrogen-bond donors (Lipinski definition) is 3. The van der Waals surface area contributed by atoms with Gasteiger partial charge in [0.1, 0.15) is 6.10 Å². The SMILES string of the molecule is COC1=C2C[C@@H](C)CC(OC)[C@H](O)C(C)/C=C(\C)C(OC(N)=O)C(OC)/C=C\C=C(/C)C(=O)NC(=CC1=O)C2=O. The summed E-state index contributed by atoms with van der Waals surface area (Å²) in [5, 5.41) is 13.7. The van der Waals surface area contributed by atoms with Gasteiger partial charge in [-0.1, -0.05) is 38.2 Å². The van der Waals surface area contributed by atoms with Crippen molar-refractivity contribution >= 4 is 23.6 Å². The van der Waals surface area contributed by atoms with Gasteiger partial charge in [0.05, 0.1) is 25.0 Å². The van der Waals surface area contributed by atoms with E-state index in [1.54, 1.807) is 32.1 Å². The van der Waals surface area contributed by atoms with E-state index < -0.39 is 53.9 Å². The van der Waals surface area contributed by atoms with Crippen molar-refractivity contribution in [3.05, 3.63) is 58.6 Å². The molecule has 0 fully saturated rings. The Morgan fingerprint density at radius 1 is 1.10 bits per heavy atom. The summed E-state index contributed by atoms with van der Waals surface area (Å²) in [6.45, 7) is 6.92. The van der Waals surface area contributed by atoms with Gasteiger partial charge >= 0.3 is 6.09 Å². The zero-order valence-corrected chi connectivity index (χ0v) is 24.1. The zero-order valence-electron chi connectivity index (χ0n) is 24.1. The first-order chi connectivity index (χ1) is 18.8. The van der Waals surface area contributed by atoms with Crippen LogP contribution >= 0.6 is 0 Å². The lowest BCUT2D eigenvalue weighted by Gasteiger charge is -2.29. The minimum atomic E-state index is -1.00. The van der Waals surface area contributed by atoms with Crippen molar-refractivity contribution < 1.29 is 43.2 Å². The predicted molar refractivity (Wildman–Crippen MR) is 147 cm³/mol. The van der Waals surface area contributed by atoms with Crippen molar-refractivity contribution in [1.82, 2.24) is 5.32 Å². The Morgan fingerprint density at radius 2 is 1.77 bits per heavy atom. The molecule has 2 amide bonds. The van der Waals surface area contributed by atoms with Gasteiger partial charge in [-0.25, -0.2) is 4.79 Å². The Bertz CT molecular complexity index is 1150. The molecule has 1 aliphatic heterocycles. The fourth-order valence-corrected chi connectivity index (χ4v) is 4.78. The van der Waals surface area contributed by atoms with Crippen LogP contribution in [-0.4, -0.2) is 74.4 Å². The van der Waals surface area contributed by atoms with Crippen LogP contribution in [0, 0.1) is 11.8 Å². The molecule has 2 rings (SSSR count). The molecular formula is C29H40N2O9. The normalized spacial score (nSPS) is 32.7. The van der Waals surface area contributed by atoms with Crippen LogP contribution in [0.15, 0.2) is 58.6 Å². The number of ether oxygens (including phenoxy) is 4. The molecule has 6 atom stereocenters. The summed E-state index contributed by atoms with van der Waals surface area (Å²) in [4.78, 5) is 50.6. The number of aliphatic hydroxyl groups excluding tert-OH is 1. The third kappa shape index (κ3) is 8.23. The molecule has 11 nitrogen and oxygen atoms in total. The van der Waals surface area contributed by atoms with Crippen molar-refractivity contribution in [2.45, 2.75) is 65.0 Å². The maximum absolute atomic E-state index is 13.3. The van der Waals surface area contributed by atoms with Gasteiger partial charge in [0.25, 0.3) is 5.91 Å². The molecule has 2 bridgehead atoms. The van der Waals surface area contributed by atoms with E-state index in [1.807, 2.05) is 6.92 Å². The number of fused-ring (bicyclic) bond motifs is 2. The number of nitrogens with two attached hydrogens (primary N) is 1. The van der Waals surface area contributed by atoms with Gasteiger partial charge in [-0.15, -0.1) is 0 Å². The molecule has 0 aromatic rings. The minimum absolute atomic E-state index is 0.0801. The molecule has 220 valence electrons. The first-order valence-electron chi connectivity index (χ1n) is 13.0. The summed E-state index contributed by atoms with van der Waals surface area (Å²) < 4.78 is 21.7. The molecule has 0 radical (unpaired) electrons. The van der Waals surface area contributed by atoms with Crippen LogP contribution in [0.5, 0.6) is 0 Å². The number of primary amides is 1. The molecule has 0 saturated heterocycles. The van der Waals surface area contributed by atoms with Crippen LogP contribution in [0.25, 0.3) is 0 Å². The highest BCUT2D eigenvalue weighted by Crippen LogP contribution is 2.29. The maximum Gasteiger partial charge on any atom is 0.405 e. The number of amides is 2. The molecule has 0 aromatic carbocycles. The standard InChI is InChI=1S/C29H40N2O9/c1-15-11-19-25(34)20(14-21(32)27(19)39-7)31-28(35)16(2)9-8-10-22(37-5)26(40-29(30)36)18(4)13-17(3)24(33)23(12-15)38-6/h8-10,13-15,17,22-24,26,33H,11-12H2,1-7H3,(H2,30,36)(H,31,35)/b10-8-,16-9+,18-13+/t15-,17?,22?,23?,24-,26?/m1/s1. The Balaban J connectivity index is 2.60. The topological polar surface area (TPSA) is 163 Å². The number of Topliss-reactive ketones (excluding diaryl/α,β-unsaturated/α-hetero) is 1. The first-order valence-corrected chi connectivity index (χ1v) is 13.0. The summed E-state index contributed by atoms with van der Waals surface area (Å²) in [5.74, 6) is -2.39. The summed E-state index contributed by atoms with van der Waals surface area (Å²) in [6, 6.07) is 0. The van der Waals surface area contributed by atoms with E-state index >= 15 is 0 Å². The van der Waals surface area contributed by atoms with E-state index in [-0.39, 0.29) is 34.9 Å². The second kappa shape index (κ2) is 14.7. The Morgan fingerprint density at radius 3 is 2.35 bits per heavy atom. The number of carbonyl (C=O) groups is 4. The van der Waals surface area contributed by atoms with Gasteiger partial charge < -0.3 is 35.1 Å². The number of methoxy groups -OCH3 is 3. The average molecular weight is 561 g/mol. The Labute approximate surface area is 234 Å². The first kappa shape index (κ1) is 32.7. The van der Waals surface area contributed by atoms with E-state index in [0.29, 0.717) is 12.0 Å². The van der Waals surface area contributed by atoms with Crippen LogP contribution in [0.2, 0.25) is 0 Å². The quantitative estimate of drug-likeness (QED) is 0.346. The number of nitrogens with one attached hydrogen (secondary N) is 1. The molecule has 4 N–H and O–H groups in total. The smallest absolute Gasteiger partial charge is 0.405 e. The number of allylic oxidation sites excluding steroid dienone is 4. The van der Waals surface area contributed by atoms with Crippen LogP contribution in [0.4, 0.5) is 4.79 Å². The fourth-order valence-electron chi connectivity index (χ4n) is 4.78. The molecule has 1 heterocycles. The molecule has 4 unspecified atom stereocenters. The molecule has 0 aromatic heterocycles. The number of aliphatic hydroxyl groups is 1. The highest BCUT2D eigenvalue weighted by atomic mass is 16.6. The molecule has 0 saturated carbocycles. The van der Waals surface area contributed by atoms with Gasteiger partial charge in [0, 0.05) is 37.4 Å². The summed E-state index contributed by atoms with van der Waals surface area (Å²) >= 11 is 0. The predicted octanol–water partition coefficient (Wildman–Crippen LogP) is 2.41. The molecular weight excluding hydrogens is 520 g/mol. The third-order valence-corrected chi connectivity index (χ3v) is 6.95. The molecule has 2 aliphatic rings. The lowest BCUT2D eigenvalue weighted by Crippen LogP contribution is -2.37. The number of ketones is 2. The van der Waals surface area contributed by atoms with Crippen molar-refractivity contribution in [2.75, 3.05) is 21.3 Å². The fraction of sp³-hybridized carbons (Fsp3) is 0.517. The van der Waals surface area contributed by atoms with E-state index in [0.717, 1.165) is 6.08 Å². The largest absolute Gasteiger partial charge is 0.492 e. The summed E-state index contributed by atoms with van der Waals surface area (Å²) in [7, 11) is 4.21. The Hall–Kier alpha value is -3.54. The number of rotatable bonds is 4. The lowest BCUT2D eigenvalue weighted by molar-refractivity contribution is -0.120. The number of carbonyl (C=O) groups excluding carboxylic acids is 4. The number of hydrogen-bond acceptors (Lipinski definition) is 9. The summed E-state index contributed by atoms with van der Waals surface area (Å²) in [6.07, 6.45) is 3.61. The second-order valence-corrected chi connectivity index (χ2v) is 10.1. The third-order valence-electron chi connectivity index (χ3n) is 6.95. The average Bonchev–Trinajstić information content (AvgIpc) is 2.90. The van der Waals surface area contributed by atoms with Gasteiger partial charge in [-0.3, -0.25) is 14.4 Å². The molecule has 1 aliphatic carbocycles. The Kier molecular flexibility index (Phi) is 12.0. The van der Waals surface area contributed by atoms with Crippen LogP contribution in [0.3, 0.4) is 0 Å². The molecule has 11 heteroatoms. The zero-order chi connectivity index (χ0) is 30.1. The van der Waals surface area contributed by atoms with Crippen molar-refractivity contribution in [3.63, 3.8) is 0 Å². The van der Waals surface area contributed by atoms with Gasteiger partial charge in [0.2, 0.25) is 11.6 Å². The monoisotopic (exact) mass is 560 g/mol. The van der Waals surface area contributed by atoms with E-state index in [1.165, 1.54) is 34.3 Å². The maximum atomic E-state index is 13.3. The van der Waals surface area contributed by atoms with Crippen LogP contribution in [0.1, 0.15) is 40.5 Å². The van der Waals surface area contributed by atoms with Crippen molar-refractivity contribution in [1.29, 1.82) is 0 Å². The minimum Gasteiger partial charge on any atom is -0.492 e. The van der Waals surface area contributed by atoms with Gasteiger partial charge in [-0.05, 0) is 38.2 Å². The highest BCUT2D eigenvalue weighted by Gasteiger charge is 2.34. The second-order valence-electron chi connectivity index (χ2n) is 10.1. The van der Waals surface area contributed by atoms with E-state index in [9.17, 15) is 24.3 Å². The van der Waals surface area contributed by atoms with E-state index in [4.69, 9.17) is 24.7 Å². The van der Waals surface area contributed by atoms with Crippen molar-refractivity contribution in [2.24, 2.45) is 17.6 Å². The summed E-state index contributed by atoms with van der Waals surface area (Å²) in [5.41, 5.74) is 6.12. The van der Waals surface area contributed by atoms with Gasteiger partial charge in [-0.2, -0.15) is 0 Å². The van der Waals surface area contributed by atoms with Gasteiger partial charge in [0.15, 0.2) is 11.9 Å². The molecule has 40 heavy (non-hydrogen) atoms.